The molecule has 2 aromatic rings. The van der Waals surface area contributed by atoms with Crippen LogP contribution >= 0.6 is 11.6 Å². The van der Waals surface area contributed by atoms with Crippen molar-refractivity contribution in [2.75, 3.05) is 17.5 Å². The van der Waals surface area contributed by atoms with Crippen LogP contribution in [-0.2, 0) is 14.4 Å². The van der Waals surface area contributed by atoms with E-state index in [1.807, 2.05) is 24.3 Å². The monoisotopic (exact) mass is 333 g/mol. The molecular weight excluding hydrogens is 318 g/mol. The minimum absolute atomic E-state index is 0.0299. The molecule has 23 heavy (non-hydrogen) atoms. The Bertz CT molecular complexity index is 790. The van der Waals surface area contributed by atoms with Crippen LogP contribution in [0.5, 0.6) is 5.75 Å². The highest BCUT2D eigenvalue weighted by Gasteiger charge is 2.33. The predicted molar refractivity (Wildman–Crippen MR) is 87.8 cm³/mol. The molecule has 0 aliphatic carbocycles. The molecule has 0 saturated heterocycles. The van der Waals surface area contributed by atoms with Gasteiger partial charge in [-0.1, -0.05) is 24.3 Å². The normalized spacial score (nSPS) is 16.3. The molecule has 120 valence electrons. The van der Waals surface area contributed by atoms with Gasteiger partial charge in [0.15, 0.2) is 0 Å². The molecule has 1 atom stereocenters. The third-order valence-corrected chi connectivity index (χ3v) is 4.14. The Labute approximate surface area is 138 Å². The van der Waals surface area contributed by atoms with Gasteiger partial charge in [-0.2, -0.15) is 0 Å². The number of nitrogens with zero attached hydrogens (tertiary/aromatic N) is 1. The van der Waals surface area contributed by atoms with Gasteiger partial charge in [-0.15, -0.1) is 11.6 Å². The van der Waals surface area contributed by atoms with Crippen LogP contribution in [0.4, 0.5) is 5.69 Å². The van der Waals surface area contributed by atoms with Gasteiger partial charge in [-0.3, -0.25) is 9.59 Å². The maximum Gasteiger partial charge on any atom is 0.329 e. The number of carbonyl (C=O) groups is 2. The minimum atomic E-state index is -0.409. The van der Waals surface area contributed by atoms with Crippen LogP contribution in [0.2, 0.25) is 0 Å². The molecule has 2 aromatic carbocycles. The van der Waals surface area contributed by atoms with Crippen molar-refractivity contribution in [2.45, 2.75) is 19.8 Å². The molecule has 3 rings (SSSR count). The van der Waals surface area contributed by atoms with Gasteiger partial charge >= 0.3 is 11.9 Å². The molecule has 1 heterocycles. The zero-order chi connectivity index (χ0) is 16.6. The highest BCUT2D eigenvalue weighted by molar-refractivity contribution is 6.18. The summed E-state index contributed by atoms with van der Waals surface area (Å²) in [6.45, 7) is 3.18. The Morgan fingerprint density at radius 3 is 2.52 bits per heavy atom. The van der Waals surface area contributed by atoms with E-state index in [0.29, 0.717) is 23.9 Å². The van der Waals surface area contributed by atoms with E-state index in [9.17, 15) is 9.59 Å². The lowest BCUT2D eigenvalue weighted by atomic mass is 9.95. The fraction of sp³-hybridized carbons (Fsp3) is 0.294. The number of hydrogen-bond donors (Lipinski definition) is 0. The molecule has 0 radical (unpaired) electrons. The first-order chi connectivity index (χ1) is 11.0. The molecule has 5 nitrogen and oxygen atoms in total. The van der Waals surface area contributed by atoms with Crippen LogP contribution in [0.15, 0.2) is 30.3 Å². The molecule has 0 aromatic heterocycles. The molecule has 0 bridgehead atoms. The summed E-state index contributed by atoms with van der Waals surface area (Å²) >= 11 is 6.11. The molecule has 0 amide bonds. The molecule has 1 aliphatic heterocycles. The van der Waals surface area contributed by atoms with Crippen molar-refractivity contribution >= 4 is 40.0 Å². The SMILES string of the molecule is CC(=O)Oc1cc2c(c3ccccc13)C(CCl)CN2OC(C)=O. The predicted octanol–water partition coefficient (Wildman–Crippen LogP) is 3.39. The summed E-state index contributed by atoms with van der Waals surface area (Å²) in [7, 11) is 0. The number of hydrogen-bond acceptors (Lipinski definition) is 5. The number of benzene rings is 2. The van der Waals surface area contributed by atoms with E-state index in [1.54, 1.807) is 6.07 Å². The van der Waals surface area contributed by atoms with Crippen molar-refractivity contribution < 1.29 is 19.2 Å². The van der Waals surface area contributed by atoms with E-state index in [0.717, 1.165) is 16.3 Å². The van der Waals surface area contributed by atoms with Crippen molar-refractivity contribution in [1.82, 2.24) is 0 Å². The second-order valence-electron chi connectivity index (χ2n) is 5.44. The van der Waals surface area contributed by atoms with E-state index in [4.69, 9.17) is 21.2 Å². The van der Waals surface area contributed by atoms with Gasteiger partial charge in [0.2, 0.25) is 0 Å². The lowest BCUT2D eigenvalue weighted by Crippen LogP contribution is -2.25. The van der Waals surface area contributed by atoms with Crippen molar-refractivity contribution in [1.29, 1.82) is 0 Å². The van der Waals surface area contributed by atoms with E-state index in [2.05, 4.69) is 0 Å². The summed E-state index contributed by atoms with van der Waals surface area (Å²) in [5, 5.41) is 3.30. The second-order valence-corrected chi connectivity index (χ2v) is 5.75. The van der Waals surface area contributed by atoms with Gasteiger partial charge in [0.05, 0.1) is 12.2 Å². The topological polar surface area (TPSA) is 55.8 Å². The quantitative estimate of drug-likeness (QED) is 0.489. The zero-order valence-electron chi connectivity index (χ0n) is 12.8. The van der Waals surface area contributed by atoms with Crippen LogP contribution in [-0.4, -0.2) is 24.4 Å². The average molecular weight is 334 g/mol. The molecule has 6 heteroatoms. The Morgan fingerprint density at radius 1 is 1.22 bits per heavy atom. The summed E-state index contributed by atoms with van der Waals surface area (Å²) in [6.07, 6.45) is 0. The number of hydroxylamine groups is 1. The fourth-order valence-corrected chi connectivity index (χ4v) is 3.23. The summed E-state index contributed by atoms with van der Waals surface area (Å²) in [5.74, 6) is 0.0673. The number of anilines is 1. The highest BCUT2D eigenvalue weighted by atomic mass is 35.5. The second kappa shape index (κ2) is 6.08. The number of fused-ring (bicyclic) bond motifs is 3. The van der Waals surface area contributed by atoms with Crippen molar-refractivity contribution in [3.8, 4) is 5.75 Å². The van der Waals surface area contributed by atoms with E-state index < -0.39 is 11.9 Å². The van der Waals surface area contributed by atoms with Crippen molar-refractivity contribution in [3.63, 3.8) is 0 Å². The van der Waals surface area contributed by atoms with Crippen LogP contribution in [0, 0.1) is 0 Å². The molecule has 0 N–H and O–H groups in total. The zero-order valence-corrected chi connectivity index (χ0v) is 13.6. The first-order valence-electron chi connectivity index (χ1n) is 7.27. The fourth-order valence-electron chi connectivity index (χ4n) is 2.98. The lowest BCUT2D eigenvalue weighted by molar-refractivity contribution is -0.142. The van der Waals surface area contributed by atoms with Gasteiger partial charge in [0.25, 0.3) is 0 Å². The number of halogens is 1. The van der Waals surface area contributed by atoms with Gasteiger partial charge in [-0.25, -0.2) is 5.06 Å². The Hall–Kier alpha value is -2.27. The Balaban J connectivity index is 2.23. The Kier molecular flexibility index (Phi) is 4.13. The number of alkyl halides is 1. The summed E-state index contributed by atoms with van der Waals surface area (Å²) in [4.78, 5) is 28.0. The van der Waals surface area contributed by atoms with Crippen LogP contribution in [0.1, 0.15) is 25.3 Å². The molecule has 1 aliphatic rings. The highest BCUT2D eigenvalue weighted by Crippen LogP contribution is 2.45. The minimum Gasteiger partial charge on any atom is -0.426 e. The number of rotatable bonds is 3. The molecule has 0 fully saturated rings. The number of carbonyl (C=O) groups excluding carboxylic acids is 2. The summed E-state index contributed by atoms with van der Waals surface area (Å²) < 4.78 is 5.34. The van der Waals surface area contributed by atoms with Crippen molar-refractivity contribution in [2.24, 2.45) is 0 Å². The third kappa shape index (κ3) is 2.84. The summed E-state index contributed by atoms with van der Waals surface area (Å²) in [6, 6.07) is 9.39. The lowest BCUT2D eigenvalue weighted by Gasteiger charge is -2.18. The number of esters is 1. The van der Waals surface area contributed by atoms with E-state index in [-0.39, 0.29) is 5.92 Å². The van der Waals surface area contributed by atoms with Crippen LogP contribution < -0.4 is 9.80 Å². The standard InChI is InChI=1S/C17H16ClNO4/c1-10(20)22-16-7-15-17(14-6-4-3-5-13(14)16)12(8-18)9-19(15)23-11(2)21/h3-7,12H,8-9H2,1-2H3. The number of ether oxygens (including phenoxy) is 1. The van der Waals surface area contributed by atoms with Gasteiger partial charge < -0.3 is 9.57 Å². The average Bonchev–Trinajstić information content (AvgIpc) is 2.84. The maximum atomic E-state index is 11.4. The molecule has 0 saturated carbocycles. The molecular formula is C17H16ClNO4. The van der Waals surface area contributed by atoms with Gasteiger partial charge in [-0.05, 0) is 10.9 Å². The van der Waals surface area contributed by atoms with E-state index >= 15 is 0 Å². The van der Waals surface area contributed by atoms with E-state index in [1.165, 1.54) is 18.9 Å². The van der Waals surface area contributed by atoms with Gasteiger partial charge in [0, 0.05) is 37.1 Å². The van der Waals surface area contributed by atoms with Crippen LogP contribution in [0.25, 0.3) is 10.8 Å². The van der Waals surface area contributed by atoms with Crippen LogP contribution in [0.3, 0.4) is 0 Å². The summed E-state index contributed by atoms with van der Waals surface area (Å²) in [5.41, 5.74) is 1.72. The molecule has 0 spiro atoms. The Morgan fingerprint density at radius 2 is 1.91 bits per heavy atom. The maximum absolute atomic E-state index is 11.4. The first kappa shape index (κ1) is 15.6. The largest absolute Gasteiger partial charge is 0.426 e. The van der Waals surface area contributed by atoms with Crippen molar-refractivity contribution in [3.05, 3.63) is 35.9 Å². The third-order valence-electron chi connectivity index (χ3n) is 3.77. The first-order valence-corrected chi connectivity index (χ1v) is 7.80. The molecule has 1 unspecified atom stereocenters. The smallest absolute Gasteiger partial charge is 0.329 e. The van der Waals surface area contributed by atoms with Gasteiger partial charge in [0.1, 0.15) is 5.75 Å².